The highest BCUT2D eigenvalue weighted by Crippen LogP contribution is 2.67. The topological polar surface area (TPSA) is 83.8 Å². The van der Waals surface area contributed by atoms with Gasteiger partial charge in [0.1, 0.15) is 5.60 Å². The first-order chi connectivity index (χ1) is 16.8. The first-order valence-corrected chi connectivity index (χ1v) is 13.0. The van der Waals surface area contributed by atoms with Crippen molar-refractivity contribution in [1.82, 2.24) is 10.3 Å². The van der Waals surface area contributed by atoms with Crippen LogP contribution in [0.1, 0.15) is 70.8 Å². The Bertz CT molecular complexity index is 1080. The number of carbonyl (C=O) groups excluding carboxylic acids is 1. The molecule has 3 saturated carbocycles. The molecule has 0 radical (unpaired) electrons. The largest absolute Gasteiger partial charge is 0.385 e. The fraction of sp³-hybridized carbons (Fsp3) is 0.621. The van der Waals surface area contributed by atoms with Crippen LogP contribution in [0, 0.1) is 40.9 Å². The van der Waals surface area contributed by atoms with Gasteiger partial charge in [0.05, 0.1) is 5.71 Å². The molecule has 1 aromatic heterocycles. The summed E-state index contributed by atoms with van der Waals surface area (Å²) in [6.45, 7) is 5.01. The Balaban J connectivity index is 1.21. The van der Waals surface area contributed by atoms with E-state index in [-0.39, 0.29) is 23.3 Å². The molecule has 0 saturated heterocycles. The summed E-state index contributed by atoms with van der Waals surface area (Å²) < 4.78 is 0. The van der Waals surface area contributed by atoms with Crippen molar-refractivity contribution in [3.63, 3.8) is 0 Å². The molecule has 1 heterocycles. The van der Waals surface area contributed by atoms with Crippen LogP contribution in [0.3, 0.4) is 0 Å². The van der Waals surface area contributed by atoms with Crippen molar-refractivity contribution < 1.29 is 14.7 Å². The van der Waals surface area contributed by atoms with Crippen LogP contribution >= 0.6 is 0 Å². The summed E-state index contributed by atoms with van der Waals surface area (Å²) in [6, 6.07) is 3.77. The Morgan fingerprint density at radius 1 is 1.26 bits per heavy atom. The van der Waals surface area contributed by atoms with Crippen molar-refractivity contribution in [2.45, 2.75) is 77.4 Å². The van der Waals surface area contributed by atoms with Gasteiger partial charge in [-0.2, -0.15) is 0 Å². The number of aromatic nitrogens is 1. The highest BCUT2D eigenvalue weighted by Gasteiger charge is 2.63. The lowest BCUT2D eigenvalue weighted by molar-refractivity contribution is -0.125. The summed E-state index contributed by atoms with van der Waals surface area (Å²) in [6.07, 6.45) is 19.5. The van der Waals surface area contributed by atoms with E-state index in [2.05, 4.69) is 41.3 Å². The van der Waals surface area contributed by atoms with Crippen molar-refractivity contribution in [1.29, 1.82) is 0 Å². The number of amides is 1. The molecule has 0 aromatic carbocycles. The van der Waals surface area contributed by atoms with Crippen LogP contribution in [0.2, 0.25) is 0 Å². The van der Waals surface area contributed by atoms with E-state index in [1.165, 1.54) is 5.57 Å². The predicted octanol–water partition coefficient (Wildman–Crippen LogP) is 4.40. The SMILES string of the molecule is C#C[C@@]1(O)CC[C@@H]2[C@@H]3CCC4=CC(=NOCC(=O)NCc5cccnc5)CC[C@]4(C)[C@H]3CC[C@@]21C. The Kier molecular flexibility index (Phi) is 6.25. The summed E-state index contributed by atoms with van der Waals surface area (Å²) >= 11 is 0. The minimum atomic E-state index is -0.951. The average Bonchev–Trinajstić information content (AvgIpc) is 3.14. The number of oxime groups is 1. The second-order valence-electron chi connectivity index (χ2n) is 11.5. The zero-order chi connectivity index (χ0) is 24.7. The lowest BCUT2D eigenvalue weighted by Crippen LogP contribution is -2.54. The number of nitrogens with zero attached hydrogens (tertiary/aromatic N) is 2. The number of aliphatic hydroxyl groups is 1. The highest BCUT2D eigenvalue weighted by atomic mass is 16.6. The molecule has 5 rings (SSSR count). The third kappa shape index (κ3) is 4.08. The Hall–Kier alpha value is -2.65. The van der Waals surface area contributed by atoms with Crippen molar-refractivity contribution in [3.8, 4) is 12.3 Å². The van der Waals surface area contributed by atoms with Crippen molar-refractivity contribution >= 4 is 11.6 Å². The second-order valence-corrected chi connectivity index (χ2v) is 11.5. The first-order valence-electron chi connectivity index (χ1n) is 13.0. The van der Waals surface area contributed by atoms with Crippen LogP contribution in [-0.4, -0.2) is 33.9 Å². The molecule has 4 aliphatic carbocycles. The van der Waals surface area contributed by atoms with E-state index in [9.17, 15) is 9.90 Å². The number of pyridine rings is 1. The van der Waals surface area contributed by atoms with E-state index >= 15 is 0 Å². The maximum Gasteiger partial charge on any atom is 0.261 e. The van der Waals surface area contributed by atoms with Crippen LogP contribution in [0.15, 0.2) is 41.3 Å². The molecule has 0 bridgehead atoms. The third-order valence-electron chi connectivity index (χ3n) is 9.96. The molecule has 4 aliphatic rings. The maximum atomic E-state index is 12.1. The molecule has 0 spiro atoms. The Morgan fingerprint density at radius 2 is 2.09 bits per heavy atom. The van der Waals surface area contributed by atoms with Gasteiger partial charge in [-0.3, -0.25) is 9.78 Å². The van der Waals surface area contributed by atoms with Crippen LogP contribution in [-0.2, 0) is 16.2 Å². The highest BCUT2D eigenvalue weighted by molar-refractivity contribution is 5.96. The van der Waals surface area contributed by atoms with Gasteiger partial charge in [-0.05, 0) is 92.2 Å². The minimum Gasteiger partial charge on any atom is -0.385 e. The number of nitrogens with one attached hydrogen (secondary N) is 1. The molecular formula is C29H37N3O3. The van der Waals surface area contributed by atoms with E-state index in [1.807, 2.05) is 12.1 Å². The molecule has 6 atom stereocenters. The van der Waals surface area contributed by atoms with Crippen molar-refractivity contribution in [3.05, 3.63) is 41.7 Å². The van der Waals surface area contributed by atoms with Gasteiger partial charge in [0.2, 0.25) is 0 Å². The molecule has 0 unspecified atom stereocenters. The van der Waals surface area contributed by atoms with Gasteiger partial charge >= 0.3 is 0 Å². The summed E-state index contributed by atoms with van der Waals surface area (Å²) in [5.41, 5.74) is 2.41. The lowest BCUT2D eigenvalue weighted by atomic mass is 9.46. The average molecular weight is 476 g/mol. The molecule has 1 aromatic rings. The number of carbonyl (C=O) groups is 1. The quantitative estimate of drug-likeness (QED) is 0.488. The Labute approximate surface area is 208 Å². The molecule has 3 fully saturated rings. The van der Waals surface area contributed by atoms with Gasteiger partial charge in [0.25, 0.3) is 5.91 Å². The number of terminal acetylenes is 1. The minimum absolute atomic E-state index is 0.0900. The van der Waals surface area contributed by atoms with Crippen molar-refractivity contribution in [2.75, 3.05) is 6.61 Å². The monoisotopic (exact) mass is 475 g/mol. The molecule has 2 N–H and O–H groups in total. The zero-order valence-electron chi connectivity index (χ0n) is 20.9. The summed E-state index contributed by atoms with van der Waals surface area (Å²) in [5, 5.41) is 18.3. The molecule has 1 amide bonds. The van der Waals surface area contributed by atoms with Crippen molar-refractivity contribution in [2.24, 2.45) is 33.7 Å². The van der Waals surface area contributed by atoms with E-state index in [1.54, 1.807) is 12.4 Å². The van der Waals surface area contributed by atoms with E-state index in [4.69, 9.17) is 11.3 Å². The fourth-order valence-electron chi connectivity index (χ4n) is 7.82. The molecule has 6 heteroatoms. The summed E-state index contributed by atoms with van der Waals surface area (Å²) in [5.74, 6) is 4.33. The van der Waals surface area contributed by atoms with Crippen LogP contribution in [0.4, 0.5) is 0 Å². The van der Waals surface area contributed by atoms with Crippen LogP contribution < -0.4 is 5.32 Å². The van der Waals surface area contributed by atoms with Crippen LogP contribution in [0.25, 0.3) is 0 Å². The smallest absolute Gasteiger partial charge is 0.261 e. The van der Waals surface area contributed by atoms with Gasteiger partial charge in [-0.15, -0.1) is 6.42 Å². The standard InChI is InChI=1S/C29H37N3O3/c1-4-29(34)14-11-25-23-8-7-21-16-22(9-12-27(21,2)24(23)10-13-28(25,29)3)32-35-19-26(33)31-18-20-6-5-15-30-17-20/h1,5-6,15-17,23-25,34H,7-14,18-19H2,2-3H3,(H,31,33)/t23-,24+,25-,27+,28+,29-/m1/s1. The second kappa shape index (κ2) is 9.09. The number of hydrogen-bond acceptors (Lipinski definition) is 5. The van der Waals surface area contributed by atoms with Gasteiger partial charge in [-0.25, -0.2) is 0 Å². The predicted molar refractivity (Wildman–Crippen MR) is 135 cm³/mol. The normalized spacial score (nSPS) is 39.0. The summed E-state index contributed by atoms with van der Waals surface area (Å²) in [7, 11) is 0. The zero-order valence-corrected chi connectivity index (χ0v) is 20.9. The molecule has 6 nitrogen and oxygen atoms in total. The third-order valence-corrected chi connectivity index (χ3v) is 9.96. The Morgan fingerprint density at radius 3 is 2.86 bits per heavy atom. The number of allylic oxidation sites excluding steroid dienone is 2. The van der Waals surface area contributed by atoms with Gasteiger partial charge < -0.3 is 15.3 Å². The van der Waals surface area contributed by atoms with E-state index in [0.717, 1.165) is 62.6 Å². The summed E-state index contributed by atoms with van der Waals surface area (Å²) in [4.78, 5) is 21.6. The first kappa shape index (κ1) is 24.1. The molecular weight excluding hydrogens is 438 g/mol. The van der Waals surface area contributed by atoms with Gasteiger partial charge in [0.15, 0.2) is 6.61 Å². The lowest BCUT2D eigenvalue weighted by Gasteiger charge is -2.58. The fourth-order valence-corrected chi connectivity index (χ4v) is 7.82. The molecule has 186 valence electrons. The van der Waals surface area contributed by atoms with E-state index in [0.29, 0.717) is 24.3 Å². The molecule has 35 heavy (non-hydrogen) atoms. The maximum absolute atomic E-state index is 12.1. The van der Waals surface area contributed by atoms with Gasteiger partial charge in [-0.1, -0.05) is 36.6 Å². The number of fused-ring (bicyclic) bond motifs is 5. The van der Waals surface area contributed by atoms with Crippen LogP contribution in [0.5, 0.6) is 0 Å². The number of hydrogen-bond donors (Lipinski definition) is 2. The van der Waals surface area contributed by atoms with Gasteiger partial charge in [0, 0.05) is 24.4 Å². The van der Waals surface area contributed by atoms with E-state index < -0.39 is 5.60 Å². The number of rotatable bonds is 5. The molecule has 0 aliphatic heterocycles.